The van der Waals surface area contributed by atoms with Crippen molar-refractivity contribution in [3.63, 3.8) is 0 Å². The summed E-state index contributed by atoms with van der Waals surface area (Å²) in [6, 6.07) is 8.14. The Labute approximate surface area is 78.7 Å². The Kier molecular flexibility index (Phi) is 2.50. The van der Waals surface area contributed by atoms with Crippen molar-refractivity contribution >= 4 is 5.69 Å². The Hall–Kier alpha value is -1.02. The van der Waals surface area contributed by atoms with Gasteiger partial charge in [-0.2, -0.15) is 0 Å². The van der Waals surface area contributed by atoms with Crippen LogP contribution in [0.5, 0.6) is 0 Å². The molecule has 0 aromatic heterocycles. The summed E-state index contributed by atoms with van der Waals surface area (Å²) in [6.07, 6.45) is 2.42. The number of benzene rings is 1. The van der Waals surface area contributed by atoms with E-state index in [2.05, 4.69) is 12.1 Å². The minimum absolute atomic E-state index is 0.578. The second-order valence-electron chi connectivity index (χ2n) is 3.58. The van der Waals surface area contributed by atoms with E-state index in [1.165, 1.54) is 18.4 Å². The fourth-order valence-corrected chi connectivity index (χ4v) is 1.77. The SMILES string of the molecule is Nc1ccc(C2CCCOC2)cc1. The Morgan fingerprint density at radius 2 is 2.00 bits per heavy atom. The van der Waals surface area contributed by atoms with Gasteiger partial charge in [-0.3, -0.25) is 0 Å². The van der Waals surface area contributed by atoms with E-state index < -0.39 is 0 Å². The molecule has 2 rings (SSSR count). The lowest BCUT2D eigenvalue weighted by molar-refractivity contribution is 0.0804. The molecule has 13 heavy (non-hydrogen) atoms. The first-order valence-corrected chi connectivity index (χ1v) is 4.79. The van der Waals surface area contributed by atoms with Crippen molar-refractivity contribution < 1.29 is 4.74 Å². The molecule has 1 unspecified atom stereocenters. The van der Waals surface area contributed by atoms with E-state index in [0.717, 1.165) is 18.9 Å². The van der Waals surface area contributed by atoms with Crippen LogP contribution in [0.3, 0.4) is 0 Å². The van der Waals surface area contributed by atoms with E-state index >= 15 is 0 Å². The first kappa shape index (κ1) is 8.57. The van der Waals surface area contributed by atoms with Gasteiger partial charge in [0.25, 0.3) is 0 Å². The van der Waals surface area contributed by atoms with Crippen molar-refractivity contribution in [2.75, 3.05) is 18.9 Å². The van der Waals surface area contributed by atoms with Gasteiger partial charge in [-0.1, -0.05) is 12.1 Å². The van der Waals surface area contributed by atoms with Crippen LogP contribution in [0.1, 0.15) is 24.3 Å². The normalized spacial score (nSPS) is 22.9. The molecular weight excluding hydrogens is 162 g/mol. The molecule has 1 aliphatic heterocycles. The first-order chi connectivity index (χ1) is 6.36. The maximum absolute atomic E-state index is 5.62. The van der Waals surface area contributed by atoms with Crippen LogP contribution in [0.15, 0.2) is 24.3 Å². The Bertz CT molecular complexity index is 262. The zero-order valence-corrected chi connectivity index (χ0v) is 7.70. The second kappa shape index (κ2) is 3.79. The van der Waals surface area contributed by atoms with Crippen LogP contribution < -0.4 is 5.73 Å². The van der Waals surface area contributed by atoms with Gasteiger partial charge in [-0.15, -0.1) is 0 Å². The Morgan fingerprint density at radius 3 is 2.62 bits per heavy atom. The van der Waals surface area contributed by atoms with Gasteiger partial charge in [0.1, 0.15) is 0 Å². The summed E-state index contributed by atoms with van der Waals surface area (Å²) in [6.45, 7) is 1.79. The number of nitrogen functional groups attached to an aromatic ring is 1. The van der Waals surface area contributed by atoms with Crippen molar-refractivity contribution in [2.45, 2.75) is 18.8 Å². The number of nitrogens with two attached hydrogens (primary N) is 1. The largest absolute Gasteiger partial charge is 0.399 e. The summed E-state index contributed by atoms with van der Waals surface area (Å²) in [5, 5.41) is 0. The third-order valence-corrected chi connectivity index (χ3v) is 2.57. The summed E-state index contributed by atoms with van der Waals surface area (Å²) < 4.78 is 5.44. The molecule has 1 heterocycles. The molecule has 1 fully saturated rings. The van der Waals surface area contributed by atoms with Gasteiger partial charge in [0, 0.05) is 18.2 Å². The van der Waals surface area contributed by atoms with Gasteiger partial charge in [0.15, 0.2) is 0 Å². The molecule has 1 aromatic rings. The predicted molar refractivity (Wildman–Crippen MR) is 53.6 cm³/mol. The van der Waals surface area contributed by atoms with E-state index in [4.69, 9.17) is 10.5 Å². The Morgan fingerprint density at radius 1 is 1.23 bits per heavy atom. The summed E-state index contributed by atoms with van der Waals surface area (Å²) in [5.74, 6) is 0.578. The number of anilines is 1. The summed E-state index contributed by atoms with van der Waals surface area (Å²) in [7, 11) is 0. The summed E-state index contributed by atoms with van der Waals surface area (Å²) in [5.41, 5.74) is 7.81. The molecule has 1 atom stereocenters. The van der Waals surface area contributed by atoms with E-state index in [1.54, 1.807) is 0 Å². The van der Waals surface area contributed by atoms with Crippen LogP contribution >= 0.6 is 0 Å². The molecule has 2 heteroatoms. The number of ether oxygens (including phenoxy) is 1. The lowest BCUT2D eigenvalue weighted by Crippen LogP contribution is -2.15. The molecule has 1 aromatic carbocycles. The molecule has 0 saturated carbocycles. The molecule has 0 aliphatic carbocycles. The van der Waals surface area contributed by atoms with Gasteiger partial charge < -0.3 is 10.5 Å². The lowest BCUT2D eigenvalue weighted by atomic mass is 9.93. The smallest absolute Gasteiger partial charge is 0.0534 e. The van der Waals surface area contributed by atoms with Crippen LogP contribution in [0.2, 0.25) is 0 Å². The first-order valence-electron chi connectivity index (χ1n) is 4.79. The zero-order valence-electron chi connectivity index (χ0n) is 7.70. The molecule has 0 amide bonds. The average Bonchev–Trinajstić information content (AvgIpc) is 2.20. The molecular formula is C11H15NO. The van der Waals surface area contributed by atoms with E-state index in [0.29, 0.717) is 5.92 Å². The molecule has 0 radical (unpaired) electrons. The van der Waals surface area contributed by atoms with E-state index in [1.807, 2.05) is 12.1 Å². The van der Waals surface area contributed by atoms with Gasteiger partial charge in [0.2, 0.25) is 0 Å². The highest BCUT2D eigenvalue weighted by Crippen LogP contribution is 2.25. The average molecular weight is 177 g/mol. The standard InChI is InChI=1S/C11H15NO/c12-11-5-3-9(4-6-11)10-2-1-7-13-8-10/h3-6,10H,1-2,7-8,12H2. The third kappa shape index (κ3) is 2.01. The van der Waals surface area contributed by atoms with Crippen LogP contribution in [-0.2, 0) is 4.74 Å². The molecule has 0 spiro atoms. The van der Waals surface area contributed by atoms with E-state index in [-0.39, 0.29) is 0 Å². The minimum atomic E-state index is 0.578. The van der Waals surface area contributed by atoms with Crippen LogP contribution in [0.25, 0.3) is 0 Å². The van der Waals surface area contributed by atoms with E-state index in [9.17, 15) is 0 Å². The van der Waals surface area contributed by atoms with Gasteiger partial charge >= 0.3 is 0 Å². The second-order valence-corrected chi connectivity index (χ2v) is 3.58. The molecule has 2 N–H and O–H groups in total. The monoisotopic (exact) mass is 177 g/mol. The number of rotatable bonds is 1. The van der Waals surface area contributed by atoms with Gasteiger partial charge in [-0.25, -0.2) is 0 Å². The lowest BCUT2D eigenvalue weighted by Gasteiger charge is -2.22. The highest BCUT2D eigenvalue weighted by molar-refractivity contribution is 5.40. The molecule has 1 aliphatic rings. The van der Waals surface area contributed by atoms with Crippen LogP contribution in [0.4, 0.5) is 5.69 Å². The fraction of sp³-hybridized carbons (Fsp3) is 0.455. The summed E-state index contributed by atoms with van der Waals surface area (Å²) in [4.78, 5) is 0. The summed E-state index contributed by atoms with van der Waals surface area (Å²) >= 11 is 0. The molecule has 70 valence electrons. The van der Waals surface area contributed by atoms with Crippen molar-refractivity contribution in [1.82, 2.24) is 0 Å². The number of hydrogen-bond donors (Lipinski definition) is 1. The topological polar surface area (TPSA) is 35.2 Å². The van der Waals surface area contributed by atoms with Crippen molar-refractivity contribution in [3.05, 3.63) is 29.8 Å². The maximum Gasteiger partial charge on any atom is 0.0534 e. The maximum atomic E-state index is 5.62. The predicted octanol–water partition coefficient (Wildman–Crippen LogP) is 2.16. The van der Waals surface area contributed by atoms with Gasteiger partial charge in [-0.05, 0) is 30.5 Å². The highest BCUT2D eigenvalue weighted by Gasteiger charge is 2.15. The zero-order chi connectivity index (χ0) is 9.10. The quantitative estimate of drug-likeness (QED) is 0.667. The molecule has 0 bridgehead atoms. The Balaban J connectivity index is 2.10. The highest BCUT2D eigenvalue weighted by atomic mass is 16.5. The molecule has 1 saturated heterocycles. The van der Waals surface area contributed by atoms with Gasteiger partial charge in [0.05, 0.1) is 6.61 Å². The van der Waals surface area contributed by atoms with Crippen molar-refractivity contribution in [2.24, 2.45) is 0 Å². The minimum Gasteiger partial charge on any atom is -0.399 e. The number of hydrogen-bond acceptors (Lipinski definition) is 2. The van der Waals surface area contributed by atoms with Crippen LogP contribution in [0, 0.1) is 0 Å². The van der Waals surface area contributed by atoms with Crippen molar-refractivity contribution in [3.8, 4) is 0 Å². The third-order valence-electron chi connectivity index (χ3n) is 2.57. The van der Waals surface area contributed by atoms with Crippen molar-refractivity contribution in [1.29, 1.82) is 0 Å². The molecule has 2 nitrogen and oxygen atoms in total. The van der Waals surface area contributed by atoms with Crippen LogP contribution in [-0.4, -0.2) is 13.2 Å². The fourth-order valence-electron chi connectivity index (χ4n) is 1.77.